The number of hydrogen-bond donors (Lipinski definition) is 3. The SMILES string of the molecule is C[C@@H]1CC[C@H](CCc2nc3c(-c4cnc(CN)s4)cnn3c(N)c2S(C)(=O)=O)N1C(=O)c1ncn[nH]1. The Morgan fingerprint density at radius 1 is 1.28 bits per heavy atom. The lowest BCUT2D eigenvalue weighted by Crippen LogP contribution is -2.40. The normalized spacial score (nSPS) is 18.4. The average Bonchev–Trinajstić information content (AvgIpc) is 3.62. The predicted octanol–water partition coefficient (Wildman–Crippen LogP) is 1.04. The maximum Gasteiger partial charge on any atom is 0.291 e. The molecule has 1 saturated heterocycles. The first-order chi connectivity index (χ1) is 17.2. The van der Waals surface area contributed by atoms with Crippen molar-refractivity contribution in [3.63, 3.8) is 0 Å². The van der Waals surface area contributed by atoms with Gasteiger partial charge < -0.3 is 16.4 Å². The third kappa shape index (κ3) is 4.22. The topological polar surface area (TPSA) is 191 Å². The van der Waals surface area contributed by atoms with Crippen molar-refractivity contribution >= 4 is 38.5 Å². The third-order valence-electron chi connectivity index (χ3n) is 6.42. The lowest BCUT2D eigenvalue weighted by molar-refractivity contribution is 0.0660. The Bertz CT molecular complexity index is 1530. The second kappa shape index (κ2) is 9.22. The van der Waals surface area contributed by atoms with E-state index in [4.69, 9.17) is 16.5 Å². The second-order valence-electron chi connectivity index (χ2n) is 8.83. The second-order valence-corrected chi connectivity index (χ2v) is 11.9. The van der Waals surface area contributed by atoms with E-state index in [0.717, 1.165) is 29.0 Å². The van der Waals surface area contributed by atoms with Crippen molar-refractivity contribution in [3.05, 3.63) is 35.2 Å². The monoisotopic (exact) mass is 530 g/mol. The van der Waals surface area contributed by atoms with Crippen molar-refractivity contribution in [1.82, 2.24) is 39.7 Å². The maximum atomic E-state index is 13.0. The molecule has 1 fully saturated rings. The largest absolute Gasteiger partial charge is 0.382 e. The molecule has 0 spiro atoms. The van der Waals surface area contributed by atoms with E-state index in [0.29, 0.717) is 36.3 Å². The number of H-pyrrole nitrogens is 1. The van der Waals surface area contributed by atoms with E-state index < -0.39 is 9.84 Å². The number of nitrogen functional groups attached to an aromatic ring is 1. The molecule has 0 unspecified atom stereocenters. The van der Waals surface area contributed by atoms with Gasteiger partial charge in [0.25, 0.3) is 5.91 Å². The lowest BCUT2D eigenvalue weighted by atomic mass is 10.1. The van der Waals surface area contributed by atoms with Crippen LogP contribution in [-0.4, -0.2) is 72.3 Å². The number of aromatic amines is 1. The third-order valence-corrected chi connectivity index (χ3v) is 8.66. The van der Waals surface area contributed by atoms with Gasteiger partial charge in [0.2, 0.25) is 5.82 Å². The summed E-state index contributed by atoms with van der Waals surface area (Å²) in [4.78, 5) is 28.6. The number of hydrogen-bond acceptors (Lipinski definition) is 11. The van der Waals surface area contributed by atoms with Crippen LogP contribution in [0.4, 0.5) is 5.82 Å². The number of sulfone groups is 1. The van der Waals surface area contributed by atoms with E-state index >= 15 is 0 Å². The van der Waals surface area contributed by atoms with Gasteiger partial charge in [-0.05, 0) is 32.6 Å². The highest BCUT2D eigenvalue weighted by Gasteiger charge is 2.36. The van der Waals surface area contributed by atoms with Crippen LogP contribution in [0.5, 0.6) is 0 Å². The van der Waals surface area contributed by atoms with Gasteiger partial charge >= 0.3 is 0 Å². The molecule has 5 rings (SSSR count). The number of thiazole rings is 1. The molecule has 0 aliphatic carbocycles. The van der Waals surface area contributed by atoms with Crippen LogP contribution < -0.4 is 11.5 Å². The number of aromatic nitrogens is 7. The van der Waals surface area contributed by atoms with E-state index in [2.05, 4.69) is 25.3 Å². The number of carbonyl (C=O) groups excluding carboxylic acids is 1. The highest BCUT2D eigenvalue weighted by molar-refractivity contribution is 7.91. The summed E-state index contributed by atoms with van der Waals surface area (Å²) in [6, 6.07) is -0.0887. The van der Waals surface area contributed by atoms with Gasteiger partial charge in [0.05, 0.1) is 22.3 Å². The minimum Gasteiger partial charge on any atom is -0.382 e. The molecule has 0 aromatic carbocycles. The summed E-state index contributed by atoms with van der Waals surface area (Å²) in [6.45, 7) is 2.30. The molecule has 0 bridgehead atoms. The number of fused-ring (bicyclic) bond motifs is 1. The van der Waals surface area contributed by atoms with Crippen molar-refractivity contribution in [2.45, 2.75) is 56.1 Å². The summed E-state index contributed by atoms with van der Waals surface area (Å²) < 4.78 is 26.8. The van der Waals surface area contributed by atoms with E-state index in [1.165, 1.54) is 22.2 Å². The van der Waals surface area contributed by atoms with Gasteiger partial charge in [-0.3, -0.25) is 9.89 Å². The van der Waals surface area contributed by atoms with Gasteiger partial charge in [-0.1, -0.05) is 0 Å². The van der Waals surface area contributed by atoms with Crippen LogP contribution in [0.15, 0.2) is 23.6 Å². The molecule has 190 valence electrons. The number of rotatable bonds is 7. The maximum absolute atomic E-state index is 13.0. The van der Waals surface area contributed by atoms with Crippen molar-refractivity contribution in [1.29, 1.82) is 0 Å². The summed E-state index contributed by atoms with van der Waals surface area (Å²) in [7, 11) is -3.71. The minimum atomic E-state index is -3.71. The molecule has 36 heavy (non-hydrogen) atoms. The van der Waals surface area contributed by atoms with E-state index in [9.17, 15) is 13.2 Å². The van der Waals surface area contributed by atoms with Crippen LogP contribution in [0.3, 0.4) is 0 Å². The first-order valence-electron chi connectivity index (χ1n) is 11.4. The summed E-state index contributed by atoms with van der Waals surface area (Å²) in [5, 5.41) is 11.5. The Kier molecular flexibility index (Phi) is 6.22. The number of likely N-dealkylation sites (tertiary alicyclic amines) is 1. The molecule has 1 aliphatic rings. The van der Waals surface area contributed by atoms with Crippen LogP contribution in [0.1, 0.15) is 47.5 Å². The summed E-state index contributed by atoms with van der Waals surface area (Å²) in [5.41, 5.74) is 13.5. The van der Waals surface area contributed by atoms with Crippen LogP contribution in [0, 0.1) is 0 Å². The smallest absolute Gasteiger partial charge is 0.291 e. The first kappa shape index (κ1) is 24.3. The number of nitrogens with zero attached hydrogens (tertiary/aromatic N) is 7. The average molecular weight is 531 g/mol. The molecule has 13 nitrogen and oxygen atoms in total. The zero-order chi connectivity index (χ0) is 25.6. The van der Waals surface area contributed by atoms with Crippen molar-refractivity contribution in [3.8, 4) is 10.4 Å². The Hall–Kier alpha value is -3.43. The standard InChI is InChI=1S/C21H26N10O3S2/c1-11-3-4-12(30(11)21(32)19-25-10-26-29-19)5-6-14-17(36(2,33)34)18(23)31-20(28-14)13(8-27-31)15-9-24-16(7-22)35-15/h8-12H,3-7,22-23H2,1-2H3,(H,25,26,29)/t11-,12-/m1/s1. The quantitative estimate of drug-likeness (QED) is 0.311. The highest BCUT2D eigenvalue weighted by atomic mass is 32.2. The summed E-state index contributed by atoms with van der Waals surface area (Å²) in [6.07, 6.45) is 8.13. The fourth-order valence-electron chi connectivity index (χ4n) is 4.78. The van der Waals surface area contributed by atoms with Crippen LogP contribution in [-0.2, 0) is 22.8 Å². The van der Waals surface area contributed by atoms with Gasteiger partial charge in [-0.15, -0.1) is 11.3 Å². The van der Waals surface area contributed by atoms with Crippen LogP contribution in [0.2, 0.25) is 0 Å². The van der Waals surface area contributed by atoms with Crippen LogP contribution in [0.25, 0.3) is 16.1 Å². The van der Waals surface area contributed by atoms with Gasteiger partial charge in [0.1, 0.15) is 22.0 Å². The van der Waals surface area contributed by atoms with E-state index in [1.54, 1.807) is 17.3 Å². The lowest BCUT2D eigenvalue weighted by Gasteiger charge is -2.28. The molecule has 4 aromatic rings. The van der Waals surface area contributed by atoms with Gasteiger partial charge in [-0.25, -0.2) is 23.4 Å². The number of nitrogens with two attached hydrogens (primary N) is 2. The predicted molar refractivity (Wildman–Crippen MR) is 133 cm³/mol. The Balaban J connectivity index is 1.51. The summed E-state index contributed by atoms with van der Waals surface area (Å²) in [5.74, 6) is -0.0471. The fourth-order valence-corrected chi connectivity index (χ4v) is 6.62. The van der Waals surface area contributed by atoms with Gasteiger partial charge in [-0.2, -0.15) is 14.7 Å². The fraction of sp³-hybridized carbons (Fsp3) is 0.429. The Labute approximate surface area is 210 Å². The highest BCUT2D eigenvalue weighted by Crippen LogP contribution is 2.34. The molecule has 5 heterocycles. The van der Waals surface area contributed by atoms with Gasteiger partial charge in [0, 0.05) is 31.1 Å². The molecule has 5 N–H and O–H groups in total. The first-order valence-corrected chi connectivity index (χ1v) is 14.1. The van der Waals surface area contributed by atoms with Gasteiger partial charge in [0.15, 0.2) is 15.5 Å². The Morgan fingerprint density at radius 3 is 2.75 bits per heavy atom. The Morgan fingerprint density at radius 2 is 2.08 bits per heavy atom. The molecule has 4 aromatic heterocycles. The summed E-state index contributed by atoms with van der Waals surface area (Å²) >= 11 is 1.42. The van der Waals surface area contributed by atoms with Crippen molar-refractivity contribution < 1.29 is 13.2 Å². The number of nitrogens with one attached hydrogen (secondary N) is 1. The van der Waals surface area contributed by atoms with E-state index in [-0.39, 0.29) is 34.5 Å². The van der Waals surface area contributed by atoms with Crippen molar-refractivity contribution in [2.24, 2.45) is 5.73 Å². The zero-order valence-corrected chi connectivity index (χ0v) is 21.4. The molecule has 0 saturated carbocycles. The molecule has 0 radical (unpaired) electrons. The zero-order valence-electron chi connectivity index (χ0n) is 19.7. The molecular formula is C21H26N10O3S2. The van der Waals surface area contributed by atoms with Crippen LogP contribution >= 0.6 is 11.3 Å². The number of carbonyl (C=O) groups is 1. The molecule has 15 heteroatoms. The number of aryl methyl sites for hydroxylation is 1. The number of amides is 1. The molecule has 2 atom stereocenters. The molecule has 1 amide bonds. The molecular weight excluding hydrogens is 504 g/mol. The minimum absolute atomic E-state index is 0.00157. The van der Waals surface area contributed by atoms with Crippen molar-refractivity contribution in [2.75, 3.05) is 12.0 Å². The van der Waals surface area contributed by atoms with E-state index in [1.807, 2.05) is 6.92 Å². The number of anilines is 1. The molecule has 1 aliphatic heterocycles.